The highest BCUT2D eigenvalue weighted by Gasteiger charge is 2.36. The van der Waals surface area contributed by atoms with Crippen molar-refractivity contribution in [1.29, 1.82) is 0 Å². The molecule has 1 aliphatic rings. The lowest BCUT2D eigenvalue weighted by Gasteiger charge is -2.13. The van der Waals surface area contributed by atoms with Crippen LogP contribution in [0.15, 0.2) is 47.4 Å². The lowest BCUT2D eigenvalue weighted by Crippen LogP contribution is -2.34. The minimum Gasteiger partial charge on any atom is -0.490 e. The number of aryl methyl sites for hydroxylation is 1. The molecule has 0 saturated carbocycles. The highest BCUT2D eigenvalue weighted by atomic mass is 32.2. The van der Waals surface area contributed by atoms with Crippen LogP contribution in [-0.4, -0.2) is 41.8 Å². The summed E-state index contributed by atoms with van der Waals surface area (Å²) in [6, 6.07) is 13.4. The second kappa shape index (κ2) is 10.9. The average Bonchev–Trinajstić information content (AvgIpc) is 3.01. The number of nitrogens with zero attached hydrogens (tertiary/aromatic N) is 1. The van der Waals surface area contributed by atoms with Gasteiger partial charge in [0.1, 0.15) is 13.2 Å². The van der Waals surface area contributed by atoms with Gasteiger partial charge < -0.3 is 14.2 Å². The third kappa shape index (κ3) is 5.91. The number of thioether (sulfide) groups is 1. The molecule has 0 aromatic heterocycles. The normalized spacial score (nSPS) is 14.7. The van der Waals surface area contributed by atoms with Gasteiger partial charge in [-0.3, -0.25) is 19.3 Å². The quantitative estimate of drug-likeness (QED) is 0.405. The molecule has 2 amide bonds. The predicted molar refractivity (Wildman–Crippen MR) is 122 cm³/mol. The number of amides is 2. The van der Waals surface area contributed by atoms with Gasteiger partial charge in [0.15, 0.2) is 11.5 Å². The summed E-state index contributed by atoms with van der Waals surface area (Å²) < 4.78 is 16.5. The van der Waals surface area contributed by atoms with Crippen molar-refractivity contribution in [3.8, 4) is 11.5 Å². The minimum atomic E-state index is -0.621. The van der Waals surface area contributed by atoms with E-state index >= 15 is 0 Å². The number of hydrogen-bond acceptors (Lipinski definition) is 7. The minimum absolute atomic E-state index is 0.184. The molecule has 1 saturated heterocycles. The Hall–Kier alpha value is -3.26. The fourth-order valence-corrected chi connectivity index (χ4v) is 3.93. The predicted octanol–water partition coefficient (Wildman–Crippen LogP) is 4.57. The maximum atomic E-state index is 12.6. The van der Waals surface area contributed by atoms with Crippen molar-refractivity contribution < 1.29 is 28.6 Å². The van der Waals surface area contributed by atoms with Crippen LogP contribution in [0.1, 0.15) is 30.5 Å². The highest BCUT2D eigenvalue weighted by molar-refractivity contribution is 8.18. The first-order valence-electron chi connectivity index (χ1n) is 10.3. The number of hydrogen-bond donors (Lipinski definition) is 0. The van der Waals surface area contributed by atoms with E-state index in [9.17, 15) is 14.4 Å². The Morgan fingerprint density at radius 2 is 1.84 bits per heavy atom. The zero-order valence-corrected chi connectivity index (χ0v) is 19.1. The molecule has 0 radical (unpaired) electrons. The van der Waals surface area contributed by atoms with E-state index in [-0.39, 0.29) is 11.5 Å². The monoisotopic (exact) mass is 455 g/mol. The number of ether oxygens (including phenoxy) is 3. The smallest absolute Gasteiger partial charge is 0.326 e. The number of esters is 1. The van der Waals surface area contributed by atoms with E-state index in [2.05, 4.69) is 6.07 Å². The third-order valence-electron chi connectivity index (χ3n) is 4.51. The van der Waals surface area contributed by atoms with Crippen LogP contribution in [0.5, 0.6) is 11.5 Å². The Morgan fingerprint density at radius 1 is 1.03 bits per heavy atom. The second-order valence-electron chi connectivity index (χ2n) is 6.99. The van der Waals surface area contributed by atoms with Gasteiger partial charge in [-0.1, -0.05) is 35.9 Å². The Labute approximate surface area is 191 Å². The fourth-order valence-electron chi connectivity index (χ4n) is 3.09. The van der Waals surface area contributed by atoms with Gasteiger partial charge in [-0.25, -0.2) is 0 Å². The van der Waals surface area contributed by atoms with Gasteiger partial charge in [0.2, 0.25) is 0 Å². The van der Waals surface area contributed by atoms with Gasteiger partial charge >= 0.3 is 5.97 Å². The number of carbonyl (C=O) groups is 3. The van der Waals surface area contributed by atoms with E-state index < -0.39 is 23.7 Å². The number of benzene rings is 2. The Kier molecular flexibility index (Phi) is 7.94. The van der Waals surface area contributed by atoms with E-state index in [4.69, 9.17) is 14.2 Å². The molecule has 8 heteroatoms. The Morgan fingerprint density at radius 3 is 2.56 bits per heavy atom. The molecule has 7 nitrogen and oxygen atoms in total. The number of rotatable bonds is 9. The largest absolute Gasteiger partial charge is 0.490 e. The molecule has 32 heavy (non-hydrogen) atoms. The van der Waals surface area contributed by atoms with Gasteiger partial charge in [0.05, 0.1) is 18.1 Å². The summed E-state index contributed by atoms with van der Waals surface area (Å²) in [5, 5.41) is -0.502. The molecule has 2 aromatic carbocycles. The van der Waals surface area contributed by atoms with Crippen molar-refractivity contribution in [2.24, 2.45) is 0 Å². The van der Waals surface area contributed by atoms with Gasteiger partial charge in [0.25, 0.3) is 11.1 Å². The van der Waals surface area contributed by atoms with E-state index in [0.717, 1.165) is 27.8 Å². The van der Waals surface area contributed by atoms with Crippen molar-refractivity contribution in [2.45, 2.75) is 27.4 Å². The SMILES string of the molecule is CCOC(=O)CN1C(=O)S/C(=C\c2ccc(OCc3cccc(C)c3)c(OCC)c2)C1=O. The molecule has 0 aliphatic carbocycles. The number of carbonyl (C=O) groups excluding carboxylic acids is 3. The van der Waals surface area contributed by atoms with Gasteiger partial charge in [-0.2, -0.15) is 0 Å². The molecule has 0 N–H and O–H groups in total. The Balaban J connectivity index is 1.76. The van der Waals surface area contributed by atoms with Crippen LogP contribution in [0.25, 0.3) is 6.08 Å². The summed E-state index contributed by atoms with van der Waals surface area (Å²) in [5.41, 5.74) is 2.88. The van der Waals surface area contributed by atoms with Crippen LogP contribution >= 0.6 is 11.8 Å². The van der Waals surface area contributed by atoms with Crippen LogP contribution in [0.3, 0.4) is 0 Å². The van der Waals surface area contributed by atoms with Crippen LogP contribution in [-0.2, 0) is 20.9 Å². The molecule has 3 rings (SSSR count). The molecule has 168 valence electrons. The zero-order valence-electron chi connectivity index (χ0n) is 18.3. The molecule has 0 unspecified atom stereocenters. The molecular formula is C24H25NO6S. The van der Waals surface area contributed by atoms with Crippen LogP contribution in [0, 0.1) is 6.92 Å². The molecular weight excluding hydrogens is 430 g/mol. The van der Waals surface area contributed by atoms with E-state index in [1.54, 1.807) is 31.2 Å². The van der Waals surface area contributed by atoms with Gasteiger partial charge in [-0.15, -0.1) is 0 Å². The summed E-state index contributed by atoms with van der Waals surface area (Å²) in [7, 11) is 0. The summed E-state index contributed by atoms with van der Waals surface area (Å²) in [6.45, 7) is 6.19. The van der Waals surface area contributed by atoms with Crippen LogP contribution in [0.4, 0.5) is 4.79 Å². The molecule has 0 bridgehead atoms. The summed E-state index contributed by atoms with van der Waals surface area (Å²) >= 11 is 0.788. The number of imide groups is 1. The highest BCUT2D eigenvalue weighted by Crippen LogP contribution is 2.35. The average molecular weight is 456 g/mol. The van der Waals surface area contributed by atoms with Gasteiger partial charge in [-0.05, 0) is 61.9 Å². The fraction of sp³-hybridized carbons (Fsp3) is 0.292. The van der Waals surface area contributed by atoms with Crippen LogP contribution < -0.4 is 9.47 Å². The molecule has 1 aliphatic heterocycles. The lowest BCUT2D eigenvalue weighted by molar-refractivity contribution is -0.145. The van der Waals surface area contributed by atoms with E-state index in [1.165, 1.54) is 0 Å². The van der Waals surface area contributed by atoms with Crippen LogP contribution in [0.2, 0.25) is 0 Å². The maximum Gasteiger partial charge on any atom is 0.326 e. The van der Waals surface area contributed by atoms with Crippen molar-refractivity contribution in [2.75, 3.05) is 19.8 Å². The molecule has 2 aromatic rings. The van der Waals surface area contributed by atoms with Crippen molar-refractivity contribution in [3.63, 3.8) is 0 Å². The van der Waals surface area contributed by atoms with Crippen molar-refractivity contribution in [1.82, 2.24) is 4.90 Å². The van der Waals surface area contributed by atoms with Crippen molar-refractivity contribution >= 4 is 35.0 Å². The zero-order chi connectivity index (χ0) is 23.1. The molecule has 0 spiro atoms. The summed E-state index contributed by atoms with van der Waals surface area (Å²) in [5.74, 6) is -0.0174. The molecule has 0 atom stereocenters. The lowest BCUT2D eigenvalue weighted by atomic mass is 10.1. The standard InChI is InChI=1S/C24H25NO6S/c1-4-29-20-12-17(9-10-19(20)31-15-18-8-6-7-16(3)11-18)13-21-23(27)25(24(28)32-21)14-22(26)30-5-2/h6-13H,4-5,14-15H2,1-3H3/b21-13-. The second-order valence-corrected chi connectivity index (χ2v) is 7.98. The molecule has 1 heterocycles. The Bertz CT molecular complexity index is 1050. The first kappa shape index (κ1) is 23.4. The van der Waals surface area contributed by atoms with E-state index in [0.29, 0.717) is 30.3 Å². The summed E-state index contributed by atoms with van der Waals surface area (Å²) in [6.07, 6.45) is 1.60. The maximum absolute atomic E-state index is 12.6. The van der Waals surface area contributed by atoms with Gasteiger partial charge in [0, 0.05) is 0 Å². The van der Waals surface area contributed by atoms with Crippen molar-refractivity contribution in [3.05, 3.63) is 64.1 Å². The first-order valence-corrected chi connectivity index (χ1v) is 11.1. The third-order valence-corrected chi connectivity index (χ3v) is 5.42. The van der Waals surface area contributed by atoms with E-state index in [1.807, 2.05) is 32.0 Å². The summed E-state index contributed by atoms with van der Waals surface area (Å²) in [4.78, 5) is 37.5. The molecule has 1 fully saturated rings. The topological polar surface area (TPSA) is 82.1 Å². The first-order chi connectivity index (χ1) is 15.4.